The second-order valence-corrected chi connectivity index (χ2v) is 11.1. The summed E-state index contributed by atoms with van der Waals surface area (Å²) in [5.74, 6) is -0.395. The van der Waals surface area contributed by atoms with Gasteiger partial charge in [0.2, 0.25) is 5.91 Å². The van der Waals surface area contributed by atoms with Gasteiger partial charge in [-0.2, -0.15) is 4.31 Å². The van der Waals surface area contributed by atoms with Gasteiger partial charge in [0.25, 0.3) is 10.0 Å². The van der Waals surface area contributed by atoms with Crippen LogP contribution in [0.15, 0.2) is 21.7 Å². The fraction of sp³-hybridized carbons (Fsp3) is 0.615. The number of hydrogen-bond donors (Lipinski definition) is 1. The van der Waals surface area contributed by atoms with E-state index in [0.717, 1.165) is 11.3 Å². The van der Waals surface area contributed by atoms with Gasteiger partial charge < -0.3 is 5.32 Å². The van der Waals surface area contributed by atoms with Crippen LogP contribution >= 0.6 is 11.3 Å². The van der Waals surface area contributed by atoms with Gasteiger partial charge in [-0.25, -0.2) is 16.8 Å². The fourth-order valence-corrected chi connectivity index (χ4v) is 7.47. The number of carbonyl (C=O) groups excluding carboxylic acids is 1. The molecule has 10 heteroatoms. The van der Waals surface area contributed by atoms with E-state index in [2.05, 4.69) is 5.32 Å². The Morgan fingerprint density at radius 2 is 2.13 bits per heavy atom. The molecular weight excluding hydrogens is 360 g/mol. The van der Waals surface area contributed by atoms with E-state index in [4.69, 9.17) is 0 Å². The van der Waals surface area contributed by atoms with Crippen LogP contribution in [0.4, 0.5) is 0 Å². The van der Waals surface area contributed by atoms with Crippen molar-refractivity contribution in [2.75, 3.05) is 18.1 Å². The van der Waals surface area contributed by atoms with E-state index >= 15 is 0 Å². The van der Waals surface area contributed by atoms with Gasteiger partial charge in [-0.3, -0.25) is 4.79 Å². The Labute approximate surface area is 139 Å². The second kappa shape index (κ2) is 6.15. The molecule has 7 nitrogen and oxygen atoms in total. The van der Waals surface area contributed by atoms with E-state index in [0.29, 0.717) is 25.8 Å². The van der Waals surface area contributed by atoms with Gasteiger partial charge >= 0.3 is 0 Å². The van der Waals surface area contributed by atoms with Crippen molar-refractivity contribution < 1.29 is 21.6 Å². The van der Waals surface area contributed by atoms with Crippen LogP contribution < -0.4 is 5.32 Å². The summed E-state index contributed by atoms with van der Waals surface area (Å²) in [6.45, 7) is 0.307. The standard InChI is InChI=1S/C13H18N2O5S3/c16-13(14-10-5-8-22(17,18)9-10)11-3-1-6-15(11)23(19,20)12-4-2-7-21-12/h2,4,7,10-11H,1,3,5-6,8-9H2,(H,14,16). The monoisotopic (exact) mass is 378 g/mol. The van der Waals surface area contributed by atoms with Gasteiger partial charge in [0, 0.05) is 12.6 Å². The smallest absolute Gasteiger partial charge is 0.253 e. The summed E-state index contributed by atoms with van der Waals surface area (Å²) in [4.78, 5) is 12.4. The van der Waals surface area contributed by atoms with E-state index in [1.807, 2.05) is 0 Å². The number of nitrogens with one attached hydrogen (secondary N) is 1. The Morgan fingerprint density at radius 3 is 2.74 bits per heavy atom. The van der Waals surface area contributed by atoms with Crippen LogP contribution in [0, 0.1) is 0 Å². The summed E-state index contributed by atoms with van der Waals surface area (Å²) >= 11 is 1.12. The molecule has 128 valence electrons. The minimum Gasteiger partial charge on any atom is -0.351 e. The van der Waals surface area contributed by atoms with Crippen LogP contribution in [0.2, 0.25) is 0 Å². The largest absolute Gasteiger partial charge is 0.351 e. The summed E-state index contributed by atoms with van der Waals surface area (Å²) in [6, 6.07) is 2.01. The molecular formula is C13H18N2O5S3. The Bertz CT molecular complexity index is 786. The molecule has 0 radical (unpaired) electrons. The van der Waals surface area contributed by atoms with Gasteiger partial charge in [-0.1, -0.05) is 6.07 Å². The van der Waals surface area contributed by atoms with Gasteiger partial charge in [0.1, 0.15) is 10.3 Å². The first-order valence-electron chi connectivity index (χ1n) is 7.36. The number of sulfone groups is 1. The zero-order chi connectivity index (χ0) is 16.7. The molecule has 23 heavy (non-hydrogen) atoms. The topological polar surface area (TPSA) is 101 Å². The third-order valence-electron chi connectivity index (χ3n) is 4.14. The maximum absolute atomic E-state index is 12.6. The molecule has 0 spiro atoms. The van der Waals surface area contributed by atoms with Crippen LogP contribution in [-0.4, -0.2) is 57.2 Å². The third kappa shape index (κ3) is 3.44. The lowest BCUT2D eigenvalue weighted by Crippen LogP contribution is -2.48. The highest BCUT2D eigenvalue weighted by molar-refractivity contribution is 7.91. The lowest BCUT2D eigenvalue weighted by atomic mass is 10.2. The minimum absolute atomic E-state index is 0.0663. The summed E-state index contributed by atoms with van der Waals surface area (Å²) in [5, 5.41) is 4.38. The molecule has 2 saturated heterocycles. The summed E-state index contributed by atoms with van der Waals surface area (Å²) < 4.78 is 49.6. The molecule has 0 saturated carbocycles. The quantitative estimate of drug-likeness (QED) is 0.807. The van der Waals surface area contributed by atoms with Crippen molar-refractivity contribution >= 4 is 37.1 Å². The van der Waals surface area contributed by atoms with Crippen molar-refractivity contribution in [3.05, 3.63) is 17.5 Å². The molecule has 2 atom stereocenters. The van der Waals surface area contributed by atoms with Gasteiger partial charge in [0.15, 0.2) is 9.84 Å². The number of nitrogens with zero attached hydrogens (tertiary/aromatic N) is 1. The highest BCUT2D eigenvalue weighted by atomic mass is 32.2. The fourth-order valence-electron chi connectivity index (χ4n) is 3.02. The van der Waals surface area contributed by atoms with Crippen LogP contribution in [0.25, 0.3) is 0 Å². The van der Waals surface area contributed by atoms with Gasteiger partial charge in [0.05, 0.1) is 11.5 Å². The number of carbonyl (C=O) groups is 1. The molecule has 1 aromatic rings. The molecule has 2 unspecified atom stereocenters. The predicted octanol–water partition coefficient (Wildman–Crippen LogP) is 0.204. The Balaban J connectivity index is 1.73. The molecule has 0 aliphatic carbocycles. The van der Waals surface area contributed by atoms with Crippen LogP contribution in [-0.2, 0) is 24.7 Å². The van der Waals surface area contributed by atoms with Gasteiger partial charge in [-0.05, 0) is 30.7 Å². The molecule has 1 amide bonds. The highest BCUT2D eigenvalue weighted by Gasteiger charge is 2.41. The van der Waals surface area contributed by atoms with Crippen molar-refractivity contribution in [3.8, 4) is 0 Å². The zero-order valence-corrected chi connectivity index (χ0v) is 14.8. The molecule has 1 N–H and O–H groups in total. The average molecular weight is 378 g/mol. The molecule has 3 heterocycles. The lowest BCUT2D eigenvalue weighted by Gasteiger charge is -2.24. The average Bonchev–Trinajstić information content (AvgIpc) is 3.17. The van der Waals surface area contributed by atoms with E-state index in [9.17, 15) is 21.6 Å². The predicted molar refractivity (Wildman–Crippen MR) is 86.4 cm³/mol. The van der Waals surface area contributed by atoms with Crippen molar-refractivity contribution in [1.29, 1.82) is 0 Å². The first-order valence-corrected chi connectivity index (χ1v) is 11.5. The molecule has 0 bridgehead atoms. The number of rotatable bonds is 4. The number of sulfonamides is 1. The first-order chi connectivity index (χ1) is 10.8. The minimum atomic E-state index is -3.67. The van der Waals surface area contributed by atoms with Crippen molar-refractivity contribution in [1.82, 2.24) is 9.62 Å². The number of amides is 1. The molecule has 0 aromatic carbocycles. The normalized spacial score (nSPS) is 28.0. The maximum atomic E-state index is 12.6. The maximum Gasteiger partial charge on any atom is 0.253 e. The second-order valence-electron chi connectivity index (χ2n) is 5.81. The van der Waals surface area contributed by atoms with Crippen molar-refractivity contribution in [3.63, 3.8) is 0 Å². The molecule has 2 aliphatic heterocycles. The lowest BCUT2D eigenvalue weighted by molar-refractivity contribution is -0.124. The van der Waals surface area contributed by atoms with E-state index in [1.165, 1.54) is 10.4 Å². The summed E-state index contributed by atoms with van der Waals surface area (Å²) in [6.07, 6.45) is 1.46. The van der Waals surface area contributed by atoms with Gasteiger partial charge in [-0.15, -0.1) is 11.3 Å². The van der Waals surface area contributed by atoms with E-state index in [-0.39, 0.29) is 15.7 Å². The SMILES string of the molecule is O=C(NC1CCS(=O)(=O)C1)C1CCCN1S(=O)(=O)c1cccs1. The van der Waals surface area contributed by atoms with Crippen molar-refractivity contribution in [2.45, 2.75) is 35.6 Å². The molecule has 2 fully saturated rings. The Kier molecular flexibility index (Phi) is 4.51. The molecule has 1 aromatic heterocycles. The Hall–Kier alpha value is -0.970. The van der Waals surface area contributed by atoms with Crippen LogP contribution in [0.1, 0.15) is 19.3 Å². The molecule has 3 rings (SSSR count). The molecule has 2 aliphatic rings. The summed E-state index contributed by atoms with van der Waals surface area (Å²) in [7, 11) is -6.76. The number of hydrogen-bond acceptors (Lipinski definition) is 6. The number of thiophene rings is 1. The van der Waals surface area contributed by atoms with Crippen molar-refractivity contribution in [2.24, 2.45) is 0 Å². The van der Waals surface area contributed by atoms with E-state index < -0.39 is 37.9 Å². The summed E-state index contributed by atoms with van der Waals surface area (Å²) in [5.41, 5.74) is 0. The third-order valence-corrected chi connectivity index (χ3v) is 9.19. The van der Waals surface area contributed by atoms with E-state index in [1.54, 1.807) is 11.4 Å². The Morgan fingerprint density at radius 1 is 1.35 bits per heavy atom. The first kappa shape index (κ1) is 16.9. The highest BCUT2D eigenvalue weighted by Crippen LogP contribution is 2.28. The zero-order valence-electron chi connectivity index (χ0n) is 12.3. The van der Waals surface area contributed by atoms with Crippen LogP contribution in [0.5, 0.6) is 0 Å². The van der Waals surface area contributed by atoms with Crippen LogP contribution in [0.3, 0.4) is 0 Å².